The number of rotatable bonds is 2. The minimum atomic E-state index is 0.143. The number of imidazole rings is 1. The van der Waals surface area contributed by atoms with Crippen molar-refractivity contribution >= 4 is 17.4 Å². The van der Waals surface area contributed by atoms with E-state index >= 15 is 0 Å². The molecule has 0 N–H and O–H groups in total. The maximum absolute atomic E-state index is 11.4. The highest BCUT2D eigenvalue weighted by atomic mass is 35.5. The Labute approximate surface area is 100 Å². The van der Waals surface area contributed by atoms with Crippen molar-refractivity contribution in [3.8, 4) is 0 Å². The molecule has 2 rings (SSSR count). The average molecular weight is 242 g/mol. The van der Waals surface area contributed by atoms with Crippen molar-refractivity contribution in [1.82, 2.24) is 14.5 Å². The van der Waals surface area contributed by atoms with Gasteiger partial charge in [-0.05, 0) is 0 Å². The molecule has 1 aromatic rings. The molecule has 1 fully saturated rings. The summed E-state index contributed by atoms with van der Waals surface area (Å²) in [6.07, 6.45) is 2.31. The Kier molecular flexibility index (Phi) is 3.30. The van der Waals surface area contributed by atoms with Crippen molar-refractivity contribution in [1.29, 1.82) is 0 Å². The Balaban J connectivity index is 2.00. The van der Waals surface area contributed by atoms with Crippen LogP contribution in [-0.2, 0) is 18.4 Å². The van der Waals surface area contributed by atoms with Crippen LogP contribution in [0.25, 0.3) is 0 Å². The summed E-state index contributed by atoms with van der Waals surface area (Å²) in [5, 5.41) is 0.649. The van der Waals surface area contributed by atoms with Crippen molar-refractivity contribution < 1.29 is 4.79 Å². The first-order chi connectivity index (χ1) is 7.58. The first kappa shape index (κ1) is 11.6. The van der Waals surface area contributed by atoms with E-state index in [-0.39, 0.29) is 5.92 Å². The lowest BCUT2D eigenvalue weighted by Crippen LogP contribution is -2.39. The molecule has 0 bridgehead atoms. The Morgan fingerprint density at radius 3 is 2.94 bits per heavy atom. The van der Waals surface area contributed by atoms with E-state index in [9.17, 15) is 4.79 Å². The second-order valence-electron chi connectivity index (χ2n) is 4.41. The molecule has 16 heavy (non-hydrogen) atoms. The third-order valence-electron chi connectivity index (χ3n) is 3.15. The average Bonchev–Trinajstić information content (AvgIpc) is 2.55. The predicted octanol–water partition coefficient (Wildman–Crippen LogP) is 1.48. The van der Waals surface area contributed by atoms with Crippen molar-refractivity contribution in [2.24, 2.45) is 13.0 Å². The van der Waals surface area contributed by atoms with E-state index in [2.05, 4.69) is 9.88 Å². The summed E-state index contributed by atoms with van der Waals surface area (Å²) in [4.78, 5) is 17.9. The number of carbonyl (C=O) groups is 1. The summed E-state index contributed by atoms with van der Waals surface area (Å²) in [6.45, 7) is 4.40. The molecule has 1 atom stereocenters. The van der Waals surface area contributed by atoms with Crippen LogP contribution in [0.2, 0.25) is 5.15 Å². The summed E-state index contributed by atoms with van der Waals surface area (Å²) in [5.74, 6) is 1.46. The molecule has 0 radical (unpaired) electrons. The van der Waals surface area contributed by atoms with Gasteiger partial charge in [0.1, 0.15) is 16.8 Å². The zero-order valence-corrected chi connectivity index (χ0v) is 10.4. The van der Waals surface area contributed by atoms with Crippen LogP contribution in [0.1, 0.15) is 19.2 Å². The number of carbonyl (C=O) groups excluding carboxylic acids is 1. The topological polar surface area (TPSA) is 38.1 Å². The molecule has 88 valence electrons. The van der Waals surface area contributed by atoms with Gasteiger partial charge in [-0.2, -0.15) is 0 Å². The molecule has 4 nitrogen and oxygen atoms in total. The van der Waals surface area contributed by atoms with Gasteiger partial charge in [0.2, 0.25) is 0 Å². The number of ketones is 1. The highest BCUT2D eigenvalue weighted by Gasteiger charge is 2.24. The van der Waals surface area contributed by atoms with Crippen LogP contribution in [0, 0.1) is 5.92 Å². The summed E-state index contributed by atoms with van der Waals surface area (Å²) in [5.41, 5.74) is 0. The summed E-state index contributed by atoms with van der Waals surface area (Å²) in [7, 11) is 1.91. The number of halogens is 1. The highest BCUT2D eigenvalue weighted by Crippen LogP contribution is 2.16. The molecule has 5 heteroatoms. The van der Waals surface area contributed by atoms with Gasteiger partial charge in [0, 0.05) is 32.5 Å². The number of hydrogen-bond acceptors (Lipinski definition) is 3. The third-order valence-corrected chi connectivity index (χ3v) is 3.50. The second kappa shape index (κ2) is 4.55. The van der Waals surface area contributed by atoms with Crippen LogP contribution >= 0.6 is 11.6 Å². The van der Waals surface area contributed by atoms with E-state index in [0.29, 0.717) is 17.4 Å². The Morgan fingerprint density at radius 2 is 2.38 bits per heavy atom. The maximum atomic E-state index is 11.4. The van der Waals surface area contributed by atoms with Gasteiger partial charge in [0.15, 0.2) is 0 Å². The molecular formula is C11H16ClN3O. The molecule has 0 aromatic carbocycles. The van der Waals surface area contributed by atoms with Gasteiger partial charge in [0.05, 0.1) is 12.7 Å². The molecule has 1 aliphatic heterocycles. The first-order valence-electron chi connectivity index (χ1n) is 5.49. The smallest absolute Gasteiger partial charge is 0.138 e. The first-order valence-corrected chi connectivity index (χ1v) is 5.87. The van der Waals surface area contributed by atoms with E-state index in [1.807, 2.05) is 18.5 Å². The van der Waals surface area contributed by atoms with E-state index in [4.69, 9.17) is 11.6 Å². The largest absolute Gasteiger partial charge is 0.321 e. The number of aromatic nitrogens is 2. The van der Waals surface area contributed by atoms with Crippen LogP contribution in [0.15, 0.2) is 6.20 Å². The van der Waals surface area contributed by atoms with E-state index in [1.165, 1.54) is 0 Å². The SMILES string of the molecule is CC1CN(Cc2ncc(Cl)n2C)CCC1=O. The lowest BCUT2D eigenvalue weighted by molar-refractivity contribution is -0.125. The fourth-order valence-electron chi connectivity index (χ4n) is 2.01. The summed E-state index contributed by atoms with van der Waals surface area (Å²) in [6, 6.07) is 0. The fourth-order valence-corrected chi connectivity index (χ4v) is 2.16. The van der Waals surface area contributed by atoms with Crippen LogP contribution in [0.5, 0.6) is 0 Å². The normalized spacial score (nSPS) is 22.7. The minimum Gasteiger partial charge on any atom is -0.321 e. The molecular weight excluding hydrogens is 226 g/mol. The summed E-state index contributed by atoms with van der Waals surface area (Å²) < 4.78 is 1.88. The molecule has 0 aliphatic carbocycles. The van der Waals surface area contributed by atoms with Crippen molar-refractivity contribution in [3.63, 3.8) is 0 Å². The number of likely N-dealkylation sites (tertiary alicyclic amines) is 1. The fraction of sp³-hybridized carbons (Fsp3) is 0.636. The van der Waals surface area contributed by atoms with E-state index in [0.717, 1.165) is 25.5 Å². The Morgan fingerprint density at radius 1 is 1.62 bits per heavy atom. The summed E-state index contributed by atoms with van der Waals surface area (Å²) >= 11 is 5.93. The molecule has 0 saturated carbocycles. The standard InChI is InChI=1S/C11H16ClN3O/c1-8-6-15(4-3-9(8)16)7-11-13-5-10(12)14(11)2/h5,8H,3-4,6-7H2,1-2H3. The van der Waals surface area contributed by atoms with Gasteiger partial charge in [-0.15, -0.1) is 0 Å². The van der Waals surface area contributed by atoms with Crippen LogP contribution in [0.3, 0.4) is 0 Å². The molecule has 2 heterocycles. The third kappa shape index (κ3) is 2.28. The van der Waals surface area contributed by atoms with Gasteiger partial charge < -0.3 is 4.57 Å². The monoisotopic (exact) mass is 241 g/mol. The lowest BCUT2D eigenvalue weighted by Gasteiger charge is -2.29. The second-order valence-corrected chi connectivity index (χ2v) is 4.80. The molecule has 0 spiro atoms. The Bertz CT molecular complexity index is 402. The zero-order chi connectivity index (χ0) is 11.7. The zero-order valence-electron chi connectivity index (χ0n) is 9.61. The lowest BCUT2D eigenvalue weighted by atomic mass is 9.99. The van der Waals surface area contributed by atoms with Gasteiger partial charge in [-0.3, -0.25) is 9.69 Å². The van der Waals surface area contributed by atoms with Crippen LogP contribution in [0.4, 0.5) is 0 Å². The maximum Gasteiger partial charge on any atom is 0.138 e. The molecule has 1 unspecified atom stereocenters. The molecule has 1 aromatic heterocycles. The number of hydrogen-bond donors (Lipinski definition) is 0. The quantitative estimate of drug-likeness (QED) is 0.787. The van der Waals surface area contributed by atoms with Gasteiger partial charge in [0.25, 0.3) is 0 Å². The van der Waals surface area contributed by atoms with Gasteiger partial charge >= 0.3 is 0 Å². The van der Waals surface area contributed by atoms with Gasteiger partial charge in [-0.1, -0.05) is 18.5 Å². The van der Waals surface area contributed by atoms with Crippen LogP contribution in [-0.4, -0.2) is 33.3 Å². The van der Waals surface area contributed by atoms with Crippen molar-refractivity contribution in [3.05, 3.63) is 17.2 Å². The van der Waals surface area contributed by atoms with Crippen LogP contribution < -0.4 is 0 Å². The predicted molar refractivity (Wildman–Crippen MR) is 62.3 cm³/mol. The number of piperidine rings is 1. The highest BCUT2D eigenvalue weighted by molar-refractivity contribution is 6.29. The number of nitrogens with zero attached hydrogens (tertiary/aromatic N) is 3. The van der Waals surface area contributed by atoms with E-state index in [1.54, 1.807) is 6.20 Å². The number of Topliss-reactive ketones (excluding diaryl/α,β-unsaturated/α-hetero) is 1. The molecule has 1 saturated heterocycles. The molecule has 0 amide bonds. The van der Waals surface area contributed by atoms with Gasteiger partial charge in [-0.25, -0.2) is 4.98 Å². The molecule has 1 aliphatic rings. The minimum absolute atomic E-state index is 0.143. The Hall–Kier alpha value is -0.870. The van der Waals surface area contributed by atoms with E-state index < -0.39 is 0 Å². The van der Waals surface area contributed by atoms with Crippen molar-refractivity contribution in [2.45, 2.75) is 19.9 Å². The van der Waals surface area contributed by atoms with Crippen molar-refractivity contribution in [2.75, 3.05) is 13.1 Å².